The molecular weight excluding hydrogens is 513 g/mol. The first-order valence-corrected chi connectivity index (χ1v) is 13.1. The van der Waals surface area contributed by atoms with E-state index in [1.807, 2.05) is 35.2 Å². The van der Waals surface area contributed by atoms with Gasteiger partial charge in [-0.3, -0.25) is 14.4 Å². The van der Waals surface area contributed by atoms with Crippen LogP contribution in [-0.4, -0.2) is 29.4 Å². The highest BCUT2D eigenvalue weighted by atomic mass is 35.5. The van der Waals surface area contributed by atoms with Crippen LogP contribution in [0.15, 0.2) is 103 Å². The summed E-state index contributed by atoms with van der Waals surface area (Å²) >= 11 is 6.13. The third-order valence-electron chi connectivity index (χ3n) is 8.32. The van der Waals surface area contributed by atoms with Gasteiger partial charge in [0.15, 0.2) is 17.3 Å². The second kappa shape index (κ2) is 8.58. The van der Waals surface area contributed by atoms with Crippen molar-refractivity contribution in [1.29, 1.82) is 0 Å². The van der Waals surface area contributed by atoms with E-state index in [1.165, 1.54) is 12.1 Å². The zero-order chi connectivity index (χ0) is 26.9. The SMILES string of the molecule is O=C(c1ccc(Cl)cc1)[C@H]1[C@H](c2ccccc2)C2(C(=O)c3ccccc3C2=O)[C@H]2C=Cc3cc(F)ccc3N12. The van der Waals surface area contributed by atoms with E-state index in [2.05, 4.69) is 0 Å². The molecule has 4 nitrogen and oxygen atoms in total. The number of nitrogens with zero attached hydrogens (tertiary/aromatic N) is 1. The number of carbonyl (C=O) groups is 3. The molecule has 0 unspecified atom stereocenters. The zero-order valence-corrected chi connectivity index (χ0v) is 21.3. The van der Waals surface area contributed by atoms with Crippen LogP contribution < -0.4 is 4.90 Å². The largest absolute Gasteiger partial charge is 0.352 e. The van der Waals surface area contributed by atoms with E-state index in [9.17, 15) is 18.8 Å². The van der Waals surface area contributed by atoms with Gasteiger partial charge in [-0.25, -0.2) is 4.39 Å². The fraction of sp³-hybridized carbons (Fsp3) is 0.121. The lowest BCUT2D eigenvalue weighted by Gasteiger charge is -2.37. The lowest BCUT2D eigenvalue weighted by Crippen LogP contribution is -2.48. The van der Waals surface area contributed by atoms with Crippen LogP contribution in [0.1, 0.15) is 48.1 Å². The Hall–Kier alpha value is -4.35. The van der Waals surface area contributed by atoms with E-state index >= 15 is 0 Å². The molecule has 3 atom stereocenters. The average molecular weight is 534 g/mol. The first kappa shape index (κ1) is 23.7. The van der Waals surface area contributed by atoms with Gasteiger partial charge in [0.2, 0.25) is 0 Å². The molecule has 1 aliphatic carbocycles. The fourth-order valence-corrected chi connectivity index (χ4v) is 6.89. The molecule has 0 N–H and O–H groups in total. The number of ketones is 3. The van der Waals surface area contributed by atoms with E-state index in [1.54, 1.807) is 66.7 Å². The summed E-state index contributed by atoms with van der Waals surface area (Å²) < 4.78 is 14.3. The smallest absolute Gasteiger partial charge is 0.185 e. The molecule has 2 aliphatic heterocycles. The molecule has 7 rings (SSSR count). The van der Waals surface area contributed by atoms with Crippen LogP contribution in [0, 0.1) is 11.2 Å². The highest BCUT2D eigenvalue weighted by Gasteiger charge is 2.71. The normalized spacial score (nSPS) is 22.1. The first-order valence-electron chi connectivity index (χ1n) is 12.7. The third kappa shape index (κ3) is 3.20. The predicted octanol–water partition coefficient (Wildman–Crippen LogP) is 6.80. The summed E-state index contributed by atoms with van der Waals surface area (Å²) in [5.74, 6) is -2.06. The molecule has 0 amide bonds. The van der Waals surface area contributed by atoms with Crippen molar-refractivity contribution in [3.05, 3.63) is 142 Å². The zero-order valence-electron chi connectivity index (χ0n) is 20.6. The maximum atomic E-state index is 14.5. The van der Waals surface area contributed by atoms with Crippen molar-refractivity contribution in [2.45, 2.75) is 18.0 Å². The minimum absolute atomic E-state index is 0.246. The minimum atomic E-state index is -1.58. The van der Waals surface area contributed by atoms with Gasteiger partial charge in [0.1, 0.15) is 17.3 Å². The second-order valence-electron chi connectivity index (χ2n) is 10.2. The van der Waals surface area contributed by atoms with Crippen molar-refractivity contribution in [2.24, 2.45) is 5.41 Å². The first-order chi connectivity index (χ1) is 18.9. The molecule has 3 aliphatic rings. The highest BCUT2D eigenvalue weighted by Crippen LogP contribution is 2.60. The number of benzene rings is 4. The summed E-state index contributed by atoms with van der Waals surface area (Å²) in [6, 6.07) is 25.5. The molecule has 0 bridgehead atoms. The van der Waals surface area contributed by atoms with Crippen molar-refractivity contribution >= 4 is 40.7 Å². The highest BCUT2D eigenvalue weighted by molar-refractivity contribution is 6.32. The topological polar surface area (TPSA) is 54.5 Å². The van der Waals surface area contributed by atoms with Crippen molar-refractivity contribution < 1.29 is 18.8 Å². The number of fused-ring (bicyclic) bond motifs is 5. The lowest BCUT2D eigenvalue weighted by molar-refractivity contribution is 0.0666. The molecule has 0 radical (unpaired) electrons. The second-order valence-corrected chi connectivity index (χ2v) is 10.6. The van der Waals surface area contributed by atoms with E-state index < -0.39 is 29.2 Å². The van der Waals surface area contributed by atoms with E-state index in [0.29, 0.717) is 38.5 Å². The summed E-state index contributed by atoms with van der Waals surface area (Å²) in [5.41, 5.74) is 1.45. The number of Topliss-reactive ketones (excluding diaryl/α,β-unsaturated/α-hetero) is 3. The number of anilines is 1. The molecular formula is C33H21ClFNO3. The third-order valence-corrected chi connectivity index (χ3v) is 8.57. The summed E-state index contributed by atoms with van der Waals surface area (Å²) in [7, 11) is 0. The number of carbonyl (C=O) groups excluding carboxylic acids is 3. The quantitative estimate of drug-likeness (QED) is 0.215. The Morgan fingerprint density at radius 1 is 0.821 bits per heavy atom. The molecule has 6 heteroatoms. The number of hydrogen-bond donors (Lipinski definition) is 0. The van der Waals surface area contributed by atoms with E-state index in [0.717, 1.165) is 0 Å². The van der Waals surface area contributed by atoms with Gasteiger partial charge < -0.3 is 4.90 Å². The Bertz CT molecular complexity index is 1680. The average Bonchev–Trinajstić information content (AvgIpc) is 3.39. The molecule has 0 aromatic heterocycles. The molecule has 4 aromatic rings. The van der Waals surface area contributed by atoms with Crippen LogP contribution >= 0.6 is 11.6 Å². The van der Waals surface area contributed by atoms with Gasteiger partial charge in [-0.1, -0.05) is 78.4 Å². The van der Waals surface area contributed by atoms with Gasteiger partial charge in [-0.2, -0.15) is 0 Å². The van der Waals surface area contributed by atoms with Crippen molar-refractivity contribution in [2.75, 3.05) is 4.90 Å². The van der Waals surface area contributed by atoms with Crippen molar-refractivity contribution in [3.63, 3.8) is 0 Å². The van der Waals surface area contributed by atoms with Gasteiger partial charge >= 0.3 is 0 Å². The predicted molar refractivity (Wildman–Crippen MR) is 148 cm³/mol. The molecule has 1 spiro atoms. The molecule has 1 saturated heterocycles. The summed E-state index contributed by atoms with van der Waals surface area (Å²) in [4.78, 5) is 45.4. The molecule has 4 aromatic carbocycles. The Kier molecular flexibility index (Phi) is 5.23. The molecule has 1 fully saturated rings. The van der Waals surface area contributed by atoms with Crippen LogP contribution in [0.5, 0.6) is 0 Å². The summed E-state index contributed by atoms with van der Waals surface area (Å²) in [6.07, 6.45) is 3.54. The van der Waals surface area contributed by atoms with Crippen molar-refractivity contribution in [1.82, 2.24) is 0 Å². The van der Waals surface area contributed by atoms with Gasteiger partial charge in [-0.15, -0.1) is 0 Å². The van der Waals surface area contributed by atoms with Crippen LogP contribution in [0.3, 0.4) is 0 Å². The fourth-order valence-electron chi connectivity index (χ4n) is 6.77. The van der Waals surface area contributed by atoms with Gasteiger partial charge in [0.05, 0.1) is 6.04 Å². The van der Waals surface area contributed by atoms with Gasteiger partial charge in [0.25, 0.3) is 0 Å². The van der Waals surface area contributed by atoms with Crippen molar-refractivity contribution in [3.8, 4) is 0 Å². The van der Waals surface area contributed by atoms with Crippen LogP contribution in [0.25, 0.3) is 6.08 Å². The Balaban J connectivity index is 1.54. The molecule has 2 heterocycles. The maximum absolute atomic E-state index is 14.5. The Labute approximate surface area is 229 Å². The minimum Gasteiger partial charge on any atom is -0.352 e. The maximum Gasteiger partial charge on any atom is 0.185 e. The van der Waals surface area contributed by atoms with Crippen LogP contribution in [-0.2, 0) is 0 Å². The number of hydrogen-bond acceptors (Lipinski definition) is 4. The standard InChI is InChI=1S/C33H21ClFNO3/c34-22-13-10-20(11-14-22)30(37)29-28(19-6-2-1-3-7-19)33(31(38)24-8-4-5-9-25(24)32(33)39)27-17-12-21-18-23(35)15-16-26(21)36(27)29/h1-18,27-29H/t27-,28+,29-/m1/s1. The number of halogens is 2. The number of rotatable bonds is 3. The van der Waals surface area contributed by atoms with Gasteiger partial charge in [-0.05, 0) is 48.0 Å². The Morgan fingerprint density at radius 2 is 1.46 bits per heavy atom. The monoisotopic (exact) mass is 533 g/mol. The van der Waals surface area contributed by atoms with E-state index in [4.69, 9.17) is 11.6 Å². The summed E-state index contributed by atoms with van der Waals surface area (Å²) in [6.45, 7) is 0. The van der Waals surface area contributed by atoms with Crippen LogP contribution in [0.4, 0.5) is 10.1 Å². The molecule has 190 valence electrons. The van der Waals surface area contributed by atoms with Crippen LogP contribution in [0.2, 0.25) is 5.02 Å². The van der Waals surface area contributed by atoms with E-state index in [-0.39, 0.29) is 17.3 Å². The lowest BCUT2D eigenvalue weighted by atomic mass is 9.64. The van der Waals surface area contributed by atoms with Gasteiger partial charge in [0, 0.05) is 38.9 Å². The Morgan fingerprint density at radius 3 is 2.13 bits per heavy atom. The molecule has 0 saturated carbocycles. The molecule has 39 heavy (non-hydrogen) atoms. The summed E-state index contributed by atoms with van der Waals surface area (Å²) in [5, 5.41) is 0.491.